The maximum atomic E-state index is 12.8. The maximum Gasteiger partial charge on any atom is 0.185 e. The van der Waals surface area contributed by atoms with E-state index < -0.39 is 0 Å². The predicted octanol–water partition coefficient (Wildman–Crippen LogP) is 8.09. The Kier molecular flexibility index (Phi) is 6.18. The van der Waals surface area contributed by atoms with Gasteiger partial charge < -0.3 is 0 Å². The van der Waals surface area contributed by atoms with Gasteiger partial charge in [-0.2, -0.15) is 5.10 Å². The van der Waals surface area contributed by atoms with E-state index in [2.05, 4.69) is 71.7 Å². The largest absolute Gasteiger partial charge is 0.289 e. The molecule has 0 saturated carbocycles. The number of allylic oxidation sites excluding steroid dienone is 1. The number of hydrogen-bond donors (Lipinski definition) is 0. The van der Waals surface area contributed by atoms with Crippen LogP contribution in [0, 0.1) is 0 Å². The number of carbonyl (C=O) groups excluding carboxylic acids is 1. The summed E-state index contributed by atoms with van der Waals surface area (Å²) in [6.07, 6.45) is 4.36. The molecule has 0 N–H and O–H groups in total. The van der Waals surface area contributed by atoms with Crippen LogP contribution in [0.25, 0.3) is 16.8 Å². The lowest BCUT2D eigenvalue weighted by Crippen LogP contribution is -2.18. The highest BCUT2D eigenvalue weighted by atomic mass is 16.1. The Balaban J connectivity index is 1.24. The first-order valence-electron chi connectivity index (χ1n) is 12.5. The van der Waals surface area contributed by atoms with Crippen LogP contribution in [-0.4, -0.2) is 11.5 Å². The lowest BCUT2D eigenvalue weighted by atomic mass is 9.98. The third-order valence-corrected chi connectivity index (χ3v) is 6.82. The Morgan fingerprint density at radius 3 is 2.16 bits per heavy atom. The Morgan fingerprint density at radius 1 is 0.730 bits per heavy atom. The van der Waals surface area contributed by atoms with Gasteiger partial charge in [-0.25, -0.2) is 0 Å². The number of hydrazone groups is 1. The topological polar surface area (TPSA) is 32.7 Å². The highest BCUT2D eigenvalue weighted by Crippen LogP contribution is 2.36. The van der Waals surface area contributed by atoms with Crippen molar-refractivity contribution in [1.29, 1.82) is 0 Å². The van der Waals surface area contributed by atoms with Crippen LogP contribution in [0.4, 0.5) is 5.69 Å². The molecule has 0 amide bonds. The van der Waals surface area contributed by atoms with Gasteiger partial charge in [-0.1, -0.05) is 115 Å². The first-order chi connectivity index (χ1) is 18.2. The van der Waals surface area contributed by atoms with E-state index in [9.17, 15) is 4.79 Å². The van der Waals surface area contributed by atoms with Crippen molar-refractivity contribution in [3.8, 4) is 0 Å². The summed E-state index contributed by atoms with van der Waals surface area (Å²) in [5, 5.41) is 9.35. The molecule has 0 aromatic heterocycles. The first kappa shape index (κ1) is 22.7. The number of ketones is 1. The molecule has 5 aromatic carbocycles. The van der Waals surface area contributed by atoms with Crippen molar-refractivity contribution in [2.45, 2.75) is 12.5 Å². The van der Waals surface area contributed by atoms with Gasteiger partial charge in [0.2, 0.25) is 0 Å². The number of hydrogen-bond acceptors (Lipinski definition) is 3. The molecule has 1 aliphatic heterocycles. The average Bonchev–Trinajstić information content (AvgIpc) is 3.42. The van der Waals surface area contributed by atoms with E-state index >= 15 is 0 Å². The Bertz CT molecular complexity index is 1600. The molecule has 0 spiro atoms. The van der Waals surface area contributed by atoms with Crippen molar-refractivity contribution < 1.29 is 4.79 Å². The van der Waals surface area contributed by atoms with Gasteiger partial charge in [0.1, 0.15) is 0 Å². The van der Waals surface area contributed by atoms with Gasteiger partial charge in [-0.3, -0.25) is 9.80 Å². The van der Waals surface area contributed by atoms with E-state index in [0.29, 0.717) is 5.56 Å². The molecule has 1 unspecified atom stereocenters. The van der Waals surface area contributed by atoms with Crippen LogP contribution < -0.4 is 5.01 Å². The number of rotatable bonds is 6. The molecule has 5 aromatic rings. The SMILES string of the molecule is O=C(/C=C/c1ccc(N2N=C(c3ccccc3)CC2c2ccccc2)cc1)c1ccc2ccccc2c1. The molecule has 3 nitrogen and oxygen atoms in total. The minimum Gasteiger partial charge on any atom is -0.289 e. The number of fused-ring (bicyclic) bond motifs is 1. The predicted molar refractivity (Wildman–Crippen MR) is 153 cm³/mol. The zero-order valence-electron chi connectivity index (χ0n) is 20.4. The number of carbonyl (C=O) groups is 1. The molecular formula is C34H26N2O. The lowest BCUT2D eigenvalue weighted by molar-refractivity contribution is 0.104. The van der Waals surface area contributed by atoms with E-state index in [4.69, 9.17) is 5.10 Å². The summed E-state index contributed by atoms with van der Waals surface area (Å²) in [4.78, 5) is 12.8. The maximum absolute atomic E-state index is 12.8. The summed E-state index contributed by atoms with van der Waals surface area (Å²) in [6.45, 7) is 0. The zero-order chi connectivity index (χ0) is 25.0. The van der Waals surface area contributed by atoms with Gasteiger partial charge >= 0.3 is 0 Å². The second kappa shape index (κ2) is 10.1. The van der Waals surface area contributed by atoms with Gasteiger partial charge in [0.05, 0.1) is 17.4 Å². The number of nitrogens with zero attached hydrogens (tertiary/aromatic N) is 2. The molecule has 37 heavy (non-hydrogen) atoms. The Labute approximate surface area is 217 Å². The molecule has 1 heterocycles. The molecule has 1 aliphatic rings. The van der Waals surface area contributed by atoms with Crippen molar-refractivity contribution in [2.75, 3.05) is 5.01 Å². The quantitative estimate of drug-likeness (QED) is 0.182. The van der Waals surface area contributed by atoms with E-state index in [1.807, 2.05) is 66.7 Å². The van der Waals surface area contributed by atoms with Gasteiger partial charge in [0.15, 0.2) is 5.78 Å². The fourth-order valence-electron chi connectivity index (χ4n) is 4.84. The molecule has 3 heteroatoms. The van der Waals surface area contributed by atoms with E-state index in [1.165, 1.54) is 5.56 Å². The van der Waals surface area contributed by atoms with Crippen LogP contribution in [0.2, 0.25) is 0 Å². The minimum atomic E-state index is -0.00406. The summed E-state index contributed by atoms with van der Waals surface area (Å²) < 4.78 is 0. The number of anilines is 1. The fraction of sp³-hybridized carbons (Fsp3) is 0.0588. The highest BCUT2D eigenvalue weighted by Gasteiger charge is 2.29. The lowest BCUT2D eigenvalue weighted by Gasteiger charge is -2.24. The smallest absolute Gasteiger partial charge is 0.185 e. The van der Waals surface area contributed by atoms with E-state index in [-0.39, 0.29) is 11.8 Å². The summed E-state index contributed by atoms with van der Waals surface area (Å²) in [6, 6.07) is 43.2. The summed E-state index contributed by atoms with van der Waals surface area (Å²) in [5.74, 6) is -0.00406. The Hall–Kier alpha value is -4.76. The molecule has 0 fully saturated rings. The normalized spacial score (nSPS) is 15.3. The van der Waals surface area contributed by atoms with Crippen LogP contribution in [0.1, 0.15) is 39.5 Å². The molecule has 178 valence electrons. The van der Waals surface area contributed by atoms with Crippen LogP contribution in [-0.2, 0) is 0 Å². The number of benzene rings is 5. The van der Waals surface area contributed by atoms with Crippen LogP contribution in [0.5, 0.6) is 0 Å². The summed E-state index contributed by atoms with van der Waals surface area (Å²) in [7, 11) is 0. The molecule has 6 rings (SSSR count). The molecule has 0 bridgehead atoms. The van der Waals surface area contributed by atoms with Crippen LogP contribution in [0.3, 0.4) is 0 Å². The minimum absolute atomic E-state index is 0.00406. The molecule has 0 aliphatic carbocycles. The van der Waals surface area contributed by atoms with Crippen molar-refractivity contribution in [3.05, 3.63) is 156 Å². The van der Waals surface area contributed by atoms with E-state index in [0.717, 1.165) is 39.7 Å². The Morgan fingerprint density at radius 2 is 1.41 bits per heavy atom. The van der Waals surface area contributed by atoms with Gasteiger partial charge in [0.25, 0.3) is 0 Å². The van der Waals surface area contributed by atoms with Crippen molar-refractivity contribution >= 4 is 34.0 Å². The summed E-state index contributed by atoms with van der Waals surface area (Å²) >= 11 is 0. The highest BCUT2D eigenvalue weighted by molar-refractivity contribution is 6.08. The molecule has 0 saturated heterocycles. The van der Waals surface area contributed by atoms with Crippen molar-refractivity contribution in [1.82, 2.24) is 0 Å². The van der Waals surface area contributed by atoms with E-state index in [1.54, 1.807) is 6.08 Å². The second-order valence-electron chi connectivity index (χ2n) is 9.24. The van der Waals surface area contributed by atoms with Crippen molar-refractivity contribution in [2.24, 2.45) is 5.10 Å². The van der Waals surface area contributed by atoms with Crippen LogP contribution >= 0.6 is 0 Å². The third kappa shape index (κ3) is 4.85. The standard InChI is InChI=1S/C34H26N2O/c37-34(30-19-18-26-9-7-8-14-29(26)23-30)22-17-25-15-20-31(21-16-25)36-33(28-12-5-2-6-13-28)24-32(35-36)27-10-3-1-4-11-27/h1-23,33H,24H2/b22-17+. The zero-order valence-corrected chi connectivity index (χ0v) is 20.4. The molecule has 1 atom stereocenters. The summed E-state index contributed by atoms with van der Waals surface area (Å²) in [5.41, 5.74) is 6.16. The second-order valence-corrected chi connectivity index (χ2v) is 9.24. The van der Waals surface area contributed by atoms with Crippen molar-refractivity contribution in [3.63, 3.8) is 0 Å². The van der Waals surface area contributed by atoms with Gasteiger partial charge in [-0.15, -0.1) is 0 Å². The molecular weight excluding hydrogens is 452 g/mol. The third-order valence-electron chi connectivity index (χ3n) is 6.82. The van der Waals surface area contributed by atoms with Crippen LogP contribution in [0.15, 0.2) is 139 Å². The fourth-order valence-corrected chi connectivity index (χ4v) is 4.84. The first-order valence-corrected chi connectivity index (χ1v) is 12.5. The average molecular weight is 479 g/mol. The monoisotopic (exact) mass is 478 g/mol. The molecule has 0 radical (unpaired) electrons. The van der Waals surface area contributed by atoms with Gasteiger partial charge in [-0.05, 0) is 51.7 Å². The van der Waals surface area contributed by atoms with Gasteiger partial charge in [0, 0.05) is 12.0 Å².